The molecule has 2 amide bonds. The Hall–Kier alpha value is -3.06. The first-order valence-electron chi connectivity index (χ1n) is 10.8. The van der Waals surface area contributed by atoms with E-state index in [9.17, 15) is 9.59 Å². The van der Waals surface area contributed by atoms with Crippen molar-refractivity contribution >= 4 is 28.9 Å². The summed E-state index contributed by atoms with van der Waals surface area (Å²) in [5.74, 6) is 0.431. The van der Waals surface area contributed by atoms with Crippen LogP contribution in [0.2, 0.25) is 0 Å². The van der Waals surface area contributed by atoms with E-state index in [1.165, 1.54) is 5.69 Å². The lowest BCUT2D eigenvalue weighted by Crippen LogP contribution is -2.45. The number of nitrogens with one attached hydrogen (secondary N) is 1. The maximum Gasteiger partial charge on any atom is 0.267 e. The number of hydrogen-bond donors (Lipinski definition) is 1. The molecule has 0 bridgehead atoms. The molecule has 7 nitrogen and oxygen atoms in total. The number of piperazine rings is 1. The first-order chi connectivity index (χ1) is 14.9. The van der Waals surface area contributed by atoms with Crippen LogP contribution in [0, 0.1) is 6.92 Å². The molecule has 0 aliphatic carbocycles. The summed E-state index contributed by atoms with van der Waals surface area (Å²) in [5.41, 5.74) is 3.86. The summed E-state index contributed by atoms with van der Waals surface area (Å²) in [4.78, 5) is 31.5. The topological polar surface area (TPSA) is 65.1 Å². The van der Waals surface area contributed by atoms with Crippen LogP contribution in [0.4, 0.5) is 17.1 Å². The fourth-order valence-corrected chi connectivity index (χ4v) is 4.16. The minimum absolute atomic E-state index is 0.115. The molecule has 31 heavy (non-hydrogen) atoms. The van der Waals surface area contributed by atoms with Gasteiger partial charge in [-0.05, 0) is 56.8 Å². The maximum atomic E-state index is 12.6. The van der Waals surface area contributed by atoms with Crippen molar-refractivity contribution in [2.45, 2.75) is 26.4 Å². The number of likely N-dealkylation sites (N-methyl/N-ethyl adjacent to an activating group) is 1. The van der Waals surface area contributed by atoms with Crippen LogP contribution < -0.4 is 19.9 Å². The van der Waals surface area contributed by atoms with Crippen molar-refractivity contribution in [3.63, 3.8) is 0 Å². The number of rotatable bonds is 5. The highest BCUT2D eigenvalue weighted by molar-refractivity contribution is 6.00. The van der Waals surface area contributed by atoms with Gasteiger partial charge >= 0.3 is 0 Å². The van der Waals surface area contributed by atoms with Crippen LogP contribution in [0.15, 0.2) is 42.5 Å². The fraction of sp³-hybridized carbons (Fsp3) is 0.417. The molecule has 1 fully saturated rings. The number of benzene rings is 2. The lowest BCUT2D eigenvalue weighted by Gasteiger charge is -2.35. The van der Waals surface area contributed by atoms with Crippen molar-refractivity contribution in [2.75, 3.05) is 54.9 Å². The molecule has 2 aromatic rings. The third-order valence-corrected chi connectivity index (χ3v) is 5.96. The standard InChI is InChI=1S/C24H30N4O3/c1-17-16-19(8-9-20(17)27-14-12-26(3)13-15-27)25-23(29)10-11-28-21-6-4-5-7-22(21)31-18(2)24(28)30/h4-9,16,18H,10-15H2,1-3H3,(H,25,29). The van der Waals surface area contributed by atoms with Crippen molar-refractivity contribution in [3.05, 3.63) is 48.0 Å². The molecule has 2 aliphatic rings. The van der Waals surface area contributed by atoms with Crippen molar-refractivity contribution in [3.8, 4) is 5.75 Å². The molecule has 4 rings (SSSR count). The Balaban J connectivity index is 1.37. The summed E-state index contributed by atoms with van der Waals surface area (Å²) in [6.07, 6.45) is -0.339. The fourth-order valence-electron chi connectivity index (χ4n) is 4.16. The van der Waals surface area contributed by atoms with E-state index >= 15 is 0 Å². The molecule has 164 valence electrons. The van der Waals surface area contributed by atoms with E-state index in [1.54, 1.807) is 11.8 Å². The second kappa shape index (κ2) is 8.98. The lowest BCUT2D eigenvalue weighted by atomic mass is 10.1. The van der Waals surface area contributed by atoms with Gasteiger partial charge in [-0.2, -0.15) is 0 Å². The van der Waals surface area contributed by atoms with Gasteiger partial charge in [-0.3, -0.25) is 9.59 Å². The molecule has 1 unspecified atom stereocenters. The number of aryl methyl sites for hydroxylation is 1. The van der Waals surface area contributed by atoms with E-state index in [0.717, 1.165) is 37.4 Å². The smallest absolute Gasteiger partial charge is 0.267 e. The monoisotopic (exact) mass is 422 g/mol. The number of anilines is 3. The number of hydrogen-bond acceptors (Lipinski definition) is 5. The Morgan fingerprint density at radius 1 is 1.10 bits per heavy atom. The zero-order chi connectivity index (χ0) is 22.0. The summed E-state index contributed by atoms with van der Waals surface area (Å²) < 4.78 is 5.66. The van der Waals surface area contributed by atoms with Gasteiger partial charge in [0.1, 0.15) is 5.75 Å². The molecule has 2 aliphatic heterocycles. The summed E-state index contributed by atoms with van der Waals surface area (Å²) >= 11 is 0. The Bertz CT molecular complexity index is 969. The van der Waals surface area contributed by atoms with Gasteiger partial charge < -0.3 is 24.8 Å². The highest BCUT2D eigenvalue weighted by Crippen LogP contribution is 2.33. The number of nitrogens with zero attached hydrogens (tertiary/aromatic N) is 3. The van der Waals surface area contributed by atoms with Gasteiger partial charge in [-0.15, -0.1) is 0 Å². The van der Waals surface area contributed by atoms with E-state index in [1.807, 2.05) is 36.4 Å². The summed E-state index contributed by atoms with van der Waals surface area (Å²) in [7, 11) is 2.15. The molecule has 2 heterocycles. The van der Waals surface area contributed by atoms with Crippen LogP contribution in [0.3, 0.4) is 0 Å². The molecular formula is C24H30N4O3. The molecule has 0 radical (unpaired) electrons. The summed E-state index contributed by atoms with van der Waals surface area (Å²) in [6, 6.07) is 13.5. The number of amides is 2. The third-order valence-electron chi connectivity index (χ3n) is 5.96. The van der Waals surface area contributed by atoms with E-state index < -0.39 is 6.10 Å². The summed E-state index contributed by atoms with van der Waals surface area (Å²) in [6.45, 7) is 8.25. The molecule has 7 heteroatoms. The van der Waals surface area contributed by atoms with Gasteiger partial charge in [0.05, 0.1) is 5.69 Å². The highest BCUT2D eigenvalue weighted by atomic mass is 16.5. The number of fused-ring (bicyclic) bond motifs is 1. The van der Waals surface area contributed by atoms with Crippen molar-refractivity contribution in [1.82, 2.24) is 4.90 Å². The van der Waals surface area contributed by atoms with Gasteiger partial charge in [0, 0.05) is 50.5 Å². The van der Waals surface area contributed by atoms with E-state index in [-0.39, 0.29) is 18.2 Å². The molecule has 2 aromatic carbocycles. The van der Waals surface area contributed by atoms with Gasteiger partial charge in [0.15, 0.2) is 6.10 Å². The van der Waals surface area contributed by atoms with E-state index in [4.69, 9.17) is 4.74 Å². The van der Waals surface area contributed by atoms with Crippen LogP contribution in [-0.2, 0) is 9.59 Å². The predicted molar refractivity (Wildman–Crippen MR) is 123 cm³/mol. The van der Waals surface area contributed by atoms with Crippen molar-refractivity contribution in [1.29, 1.82) is 0 Å². The van der Waals surface area contributed by atoms with E-state index in [0.29, 0.717) is 18.0 Å². The Labute approximate surface area is 183 Å². The van der Waals surface area contributed by atoms with Gasteiger partial charge in [-0.25, -0.2) is 0 Å². The van der Waals surface area contributed by atoms with Crippen LogP contribution in [0.1, 0.15) is 18.9 Å². The molecular weight excluding hydrogens is 392 g/mol. The SMILES string of the molecule is Cc1cc(NC(=O)CCN2C(=O)C(C)Oc3ccccc32)ccc1N1CCN(C)CC1. The second-order valence-electron chi connectivity index (χ2n) is 8.31. The zero-order valence-corrected chi connectivity index (χ0v) is 18.4. The minimum atomic E-state index is -0.553. The van der Waals surface area contributed by atoms with Crippen LogP contribution in [0.5, 0.6) is 5.75 Å². The minimum Gasteiger partial charge on any atom is -0.479 e. The normalized spacial score (nSPS) is 19.1. The molecule has 0 saturated carbocycles. The third kappa shape index (κ3) is 4.66. The molecule has 0 aromatic heterocycles. The Morgan fingerprint density at radius 3 is 2.58 bits per heavy atom. The number of carbonyl (C=O) groups excluding carboxylic acids is 2. The molecule has 1 atom stereocenters. The highest BCUT2D eigenvalue weighted by Gasteiger charge is 2.31. The number of para-hydroxylation sites is 2. The largest absolute Gasteiger partial charge is 0.479 e. The molecule has 1 saturated heterocycles. The Morgan fingerprint density at radius 2 is 1.84 bits per heavy atom. The van der Waals surface area contributed by atoms with Crippen LogP contribution in [-0.4, -0.2) is 62.6 Å². The first-order valence-corrected chi connectivity index (χ1v) is 10.8. The van der Waals surface area contributed by atoms with Gasteiger partial charge in [0.2, 0.25) is 5.91 Å². The average molecular weight is 423 g/mol. The predicted octanol–water partition coefficient (Wildman–Crippen LogP) is 2.89. The summed E-state index contributed by atoms with van der Waals surface area (Å²) in [5, 5.41) is 2.97. The maximum absolute atomic E-state index is 12.6. The molecule has 0 spiro atoms. The average Bonchev–Trinajstić information content (AvgIpc) is 2.75. The molecule has 1 N–H and O–H groups in total. The van der Waals surface area contributed by atoms with Crippen molar-refractivity contribution in [2.24, 2.45) is 0 Å². The quantitative estimate of drug-likeness (QED) is 0.803. The second-order valence-corrected chi connectivity index (χ2v) is 8.31. The van der Waals surface area contributed by atoms with Crippen LogP contribution in [0.25, 0.3) is 0 Å². The van der Waals surface area contributed by atoms with Gasteiger partial charge in [-0.1, -0.05) is 12.1 Å². The Kier molecular flexibility index (Phi) is 6.13. The van der Waals surface area contributed by atoms with Crippen molar-refractivity contribution < 1.29 is 14.3 Å². The number of ether oxygens (including phenoxy) is 1. The van der Waals surface area contributed by atoms with Gasteiger partial charge in [0.25, 0.3) is 5.91 Å². The first kappa shape index (κ1) is 21.2. The van der Waals surface area contributed by atoms with Crippen LogP contribution >= 0.6 is 0 Å². The van der Waals surface area contributed by atoms with E-state index in [2.05, 4.69) is 35.2 Å². The lowest BCUT2D eigenvalue weighted by molar-refractivity contribution is -0.125. The zero-order valence-electron chi connectivity index (χ0n) is 18.4. The number of carbonyl (C=O) groups is 2.